The number of aromatic nitrogens is 2. The molecule has 1 aliphatic heterocycles. The Balaban J connectivity index is 1.17. The number of anilines is 1. The maximum absolute atomic E-state index is 12.8. The number of rotatable bonds is 4. The number of piperidine rings is 1. The lowest BCUT2D eigenvalue weighted by molar-refractivity contribution is -0.127. The van der Waals surface area contributed by atoms with Gasteiger partial charge in [0, 0.05) is 25.0 Å². The van der Waals surface area contributed by atoms with Crippen molar-refractivity contribution in [1.29, 1.82) is 0 Å². The lowest BCUT2D eigenvalue weighted by atomic mass is 9.88. The fraction of sp³-hybridized carbons (Fsp3) is 0.609. The number of carbonyl (C=O) groups is 1. The zero-order chi connectivity index (χ0) is 19.1. The van der Waals surface area contributed by atoms with Crippen molar-refractivity contribution in [2.24, 2.45) is 17.3 Å². The van der Waals surface area contributed by atoms with Crippen molar-refractivity contribution in [1.82, 2.24) is 15.3 Å². The number of para-hydroxylation sites is 2. The fourth-order valence-corrected chi connectivity index (χ4v) is 5.48. The Bertz CT molecular complexity index is 870. The monoisotopic (exact) mass is 378 g/mol. The second-order valence-corrected chi connectivity index (χ2v) is 9.15. The zero-order valence-electron chi connectivity index (χ0n) is 16.7. The van der Waals surface area contributed by atoms with Crippen LogP contribution in [0.5, 0.6) is 0 Å². The first kappa shape index (κ1) is 17.9. The Hall–Kier alpha value is -2.17. The molecule has 0 bridgehead atoms. The maximum atomic E-state index is 12.8. The van der Waals surface area contributed by atoms with Crippen LogP contribution in [0.2, 0.25) is 0 Å². The van der Waals surface area contributed by atoms with Crippen molar-refractivity contribution in [3.63, 3.8) is 0 Å². The normalized spacial score (nSPS) is 25.2. The molecule has 1 saturated heterocycles. The van der Waals surface area contributed by atoms with Gasteiger partial charge in [0.1, 0.15) is 5.82 Å². The molecule has 3 aliphatic rings. The number of amides is 1. The summed E-state index contributed by atoms with van der Waals surface area (Å²) in [4.78, 5) is 24.5. The first-order valence-corrected chi connectivity index (χ1v) is 10.9. The van der Waals surface area contributed by atoms with Crippen molar-refractivity contribution < 1.29 is 4.79 Å². The molecule has 28 heavy (non-hydrogen) atoms. The zero-order valence-corrected chi connectivity index (χ0v) is 16.7. The molecule has 1 N–H and O–H groups in total. The number of hydrogen-bond donors (Lipinski definition) is 1. The van der Waals surface area contributed by atoms with Gasteiger partial charge in [-0.05, 0) is 68.9 Å². The summed E-state index contributed by atoms with van der Waals surface area (Å²) in [5.41, 5.74) is 2.29. The Morgan fingerprint density at radius 2 is 1.89 bits per heavy atom. The van der Waals surface area contributed by atoms with Crippen LogP contribution in [0.25, 0.3) is 11.0 Å². The van der Waals surface area contributed by atoms with E-state index in [0.29, 0.717) is 17.2 Å². The topological polar surface area (TPSA) is 58.1 Å². The van der Waals surface area contributed by atoms with Crippen molar-refractivity contribution in [3.8, 4) is 0 Å². The van der Waals surface area contributed by atoms with Crippen LogP contribution in [0, 0.1) is 17.3 Å². The predicted octanol–water partition coefficient (Wildman–Crippen LogP) is 3.93. The van der Waals surface area contributed by atoms with Crippen LogP contribution in [-0.2, 0) is 4.79 Å². The van der Waals surface area contributed by atoms with Crippen LogP contribution in [0.4, 0.5) is 5.82 Å². The molecule has 2 saturated carbocycles. The minimum absolute atomic E-state index is 0.258. The molecule has 1 aromatic heterocycles. The van der Waals surface area contributed by atoms with Gasteiger partial charge in [-0.3, -0.25) is 9.78 Å². The SMILES string of the molecule is C[C@@H](NC(=O)C1CCCC12CC2)C1CCN(c2cnc3ccccc3n2)CC1. The third-order valence-electron chi connectivity index (χ3n) is 7.49. The van der Waals surface area contributed by atoms with Gasteiger partial charge < -0.3 is 10.2 Å². The summed E-state index contributed by atoms with van der Waals surface area (Å²) in [6, 6.07) is 8.28. The van der Waals surface area contributed by atoms with Gasteiger partial charge in [0.2, 0.25) is 5.91 Å². The number of nitrogens with one attached hydrogen (secondary N) is 1. The lowest BCUT2D eigenvalue weighted by Gasteiger charge is -2.36. The highest BCUT2D eigenvalue weighted by molar-refractivity contribution is 5.80. The molecule has 2 aromatic rings. The molecule has 2 heterocycles. The number of hydrogen-bond acceptors (Lipinski definition) is 4. The van der Waals surface area contributed by atoms with Gasteiger partial charge in [-0.15, -0.1) is 0 Å². The number of carbonyl (C=O) groups excluding carboxylic acids is 1. The number of nitrogens with zero attached hydrogens (tertiary/aromatic N) is 3. The summed E-state index contributed by atoms with van der Waals surface area (Å²) < 4.78 is 0. The van der Waals surface area contributed by atoms with Crippen molar-refractivity contribution in [2.75, 3.05) is 18.0 Å². The van der Waals surface area contributed by atoms with E-state index in [1.54, 1.807) is 0 Å². The lowest BCUT2D eigenvalue weighted by Crippen LogP contribution is -2.46. The molecule has 1 spiro atoms. The highest BCUT2D eigenvalue weighted by Gasteiger charge is 2.54. The molecule has 2 atom stereocenters. The van der Waals surface area contributed by atoms with E-state index in [2.05, 4.69) is 22.1 Å². The second-order valence-electron chi connectivity index (χ2n) is 9.15. The fourth-order valence-electron chi connectivity index (χ4n) is 5.48. The molecule has 2 aliphatic carbocycles. The minimum Gasteiger partial charge on any atom is -0.355 e. The molecule has 5 nitrogen and oxygen atoms in total. The third-order valence-corrected chi connectivity index (χ3v) is 7.49. The Morgan fingerprint density at radius 3 is 2.64 bits per heavy atom. The van der Waals surface area contributed by atoms with Gasteiger partial charge >= 0.3 is 0 Å². The summed E-state index contributed by atoms with van der Waals surface area (Å²) in [5, 5.41) is 3.38. The molecular formula is C23H30N4O. The third kappa shape index (κ3) is 3.25. The van der Waals surface area contributed by atoms with Gasteiger partial charge in [0.05, 0.1) is 17.2 Å². The molecular weight excluding hydrogens is 348 g/mol. The Kier molecular flexibility index (Phi) is 4.48. The number of fused-ring (bicyclic) bond motifs is 1. The smallest absolute Gasteiger partial charge is 0.223 e. The van der Waals surface area contributed by atoms with E-state index >= 15 is 0 Å². The summed E-state index contributed by atoms with van der Waals surface area (Å²) in [7, 11) is 0. The largest absolute Gasteiger partial charge is 0.355 e. The van der Waals surface area contributed by atoms with Crippen LogP contribution in [0.3, 0.4) is 0 Å². The van der Waals surface area contributed by atoms with E-state index in [-0.39, 0.29) is 12.0 Å². The Morgan fingerprint density at radius 1 is 1.14 bits per heavy atom. The van der Waals surface area contributed by atoms with Crippen molar-refractivity contribution in [2.45, 2.75) is 57.9 Å². The van der Waals surface area contributed by atoms with Crippen LogP contribution < -0.4 is 10.2 Å². The van der Waals surface area contributed by atoms with E-state index in [4.69, 9.17) is 4.98 Å². The molecule has 1 amide bonds. The summed E-state index contributed by atoms with van der Waals surface area (Å²) in [6.45, 7) is 4.15. The molecule has 1 aromatic carbocycles. The predicted molar refractivity (Wildman–Crippen MR) is 111 cm³/mol. The molecule has 1 unspecified atom stereocenters. The molecule has 0 radical (unpaired) electrons. The summed E-state index contributed by atoms with van der Waals surface area (Å²) >= 11 is 0. The van der Waals surface area contributed by atoms with Crippen LogP contribution >= 0.6 is 0 Å². The van der Waals surface area contributed by atoms with Gasteiger partial charge in [0.15, 0.2) is 0 Å². The average molecular weight is 379 g/mol. The van der Waals surface area contributed by atoms with E-state index in [9.17, 15) is 4.79 Å². The van der Waals surface area contributed by atoms with Gasteiger partial charge in [-0.2, -0.15) is 0 Å². The first-order chi connectivity index (χ1) is 13.6. The van der Waals surface area contributed by atoms with E-state index in [1.165, 1.54) is 25.7 Å². The Labute approximate surface area is 166 Å². The second kappa shape index (κ2) is 7.02. The van der Waals surface area contributed by atoms with Gasteiger partial charge in [-0.1, -0.05) is 18.6 Å². The minimum atomic E-state index is 0.258. The molecule has 5 rings (SSSR count). The van der Waals surface area contributed by atoms with Crippen LogP contribution in [-0.4, -0.2) is 35.0 Å². The van der Waals surface area contributed by atoms with Crippen molar-refractivity contribution in [3.05, 3.63) is 30.5 Å². The quantitative estimate of drug-likeness (QED) is 0.876. The summed E-state index contributed by atoms with van der Waals surface area (Å²) in [5.74, 6) is 2.12. The summed E-state index contributed by atoms with van der Waals surface area (Å²) in [6.07, 6.45) is 10.2. The molecule has 148 valence electrons. The van der Waals surface area contributed by atoms with E-state index < -0.39 is 0 Å². The first-order valence-electron chi connectivity index (χ1n) is 10.9. The van der Waals surface area contributed by atoms with Crippen molar-refractivity contribution >= 4 is 22.8 Å². The van der Waals surface area contributed by atoms with Gasteiger partial charge in [0.25, 0.3) is 0 Å². The van der Waals surface area contributed by atoms with Crippen LogP contribution in [0.1, 0.15) is 51.9 Å². The maximum Gasteiger partial charge on any atom is 0.223 e. The highest BCUT2D eigenvalue weighted by Crippen LogP contribution is 2.61. The van der Waals surface area contributed by atoms with E-state index in [0.717, 1.165) is 49.2 Å². The highest BCUT2D eigenvalue weighted by atomic mass is 16.2. The standard InChI is InChI=1S/C23H30N4O/c1-16(25-22(28)18-5-4-10-23(18)11-12-23)17-8-13-27(14-9-17)21-15-24-19-6-2-3-7-20(19)26-21/h2-3,6-7,15-18H,4-5,8-14H2,1H3,(H,25,28)/t16-,18?/m1/s1. The average Bonchev–Trinajstić information content (AvgIpc) is 3.38. The molecule has 5 heteroatoms. The van der Waals surface area contributed by atoms with Gasteiger partial charge in [-0.25, -0.2) is 4.98 Å². The van der Waals surface area contributed by atoms with Crippen LogP contribution in [0.15, 0.2) is 30.5 Å². The van der Waals surface area contributed by atoms with E-state index in [1.807, 2.05) is 30.5 Å². The molecule has 3 fully saturated rings. The number of benzene rings is 1.